The zero-order chi connectivity index (χ0) is 11.9. The smallest absolute Gasteiger partial charge is 0.357 e. The number of methoxy groups -OCH3 is 1. The van der Waals surface area contributed by atoms with Gasteiger partial charge in [-0.2, -0.15) is 0 Å². The highest BCUT2D eigenvalue weighted by Crippen LogP contribution is 2.55. The van der Waals surface area contributed by atoms with E-state index in [-0.39, 0.29) is 5.41 Å². The highest BCUT2D eigenvalue weighted by Gasteiger charge is 2.72. The van der Waals surface area contributed by atoms with E-state index in [1.807, 2.05) is 6.92 Å². The molecule has 0 N–H and O–H groups in total. The Morgan fingerprint density at radius 1 is 1.47 bits per heavy atom. The van der Waals surface area contributed by atoms with E-state index in [4.69, 9.17) is 16.3 Å². The first-order chi connectivity index (χ1) is 6.65. The van der Waals surface area contributed by atoms with Crippen LogP contribution >= 0.6 is 11.6 Å². The fourth-order valence-electron chi connectivity index (χ4n) is 1.50. The standard InChI is InChI=1S/C11H19ClO3/c1-9(2,3)6-7-10(4)11(12,15-10)8(13)14-5/h6-7H2,1-5H3. The lowest BCUT2D eigenvalue weighted by Gasteiger charge is -2.19. The second-order valence-electron chi connectivity index (χ2n) is 5.48. The molecule has 1 fully saturated rings. The van der Waals surface area contributed by atoms with Crippen LogP contribution in [0.2, 0.25) is 0 Å². The summed E-state index contributed by atoms with van der Waals surface area (Å²) >= 11 is 6.03. The highest BCUT2D eigenvalue weighted by molar-refractivity contribution is 6.35. The minimum atomic E-state index is -1.26. The first-order valence-electron chi connectivity index (χ1n) is 5.12. The Morgan fingerprint density at radius 2 is 2.00 bits per heavy atom. The lowest BCUT2D eigenvalue weighted by molar-refractivity contribution is -0.143. The van der Waals surface area contributed by atoms with Gasteiger partial charge >= 0.3 is 5.97 Å². The number of rotatable bonds is 3. The highest BCUT2D eigenvalue weighted by atomic mass is 35.5. The maximum absolute atomic E-state index is 11.4. The Balaban J connectivity index is 2.56. The minimum Gasteiger partial charge on any atom is -0.466 e. The maximum atomic E-state index is 11.4. The number of carbonyl (C=O) groups is 1. The summed E-state index contributed by atoms with van der Waals surface area (Å²) in [7, 11) is 1.32. The topological polar surface area (TPSA) is 38.8 Å². The summed E-state index contributed by atoms with van der Waals surface area (Å²) in [5.41, 5.74) is -0.363. The summed E-state index contributed by atoms with van der Waals surface area (Å²) in [4.78, 5) is 11.4. The van der Waals surface area contributed by atoms with Gasteiger partial charge in [0.1, 0.15) is 5.60 Å². The molecule has 1 aliphatic heterocycles. The van der Waals surface area contributed by atoms with E-state index >= 15 is 0 Å². The molecule has 1 aliphatic rings. The Morgan fingerprint density at radius 3 is 2.40 bits per heavy atom. The summed E-state index contributed by atoms with van der Waals surface area (Å²) in [5.74, 6) is -0.499. The van der Waals surface area contributed by atoms with E-state index in [0.717, 1.165) is 12.8 Å². The van der Waals surface area contributed by atoms with E-state index in [1.54, 1.807) is 0 Å². The van der Waals surface area contributed by atoms with Crippen molar-refractivity contribution >= 4 is 17.6 Å². The van der Waals surface area contributed by atoms with Crippen LogP contribution in [0.1, 0.15) is 40.5 Å². The third kappa shape index (κ3) is 2.45. The van der Waals surface area contributed by atoms with Crippen molar-refractivity contribution in [3.05, 3.63) is 0 Å². The summed E-state index contributed by atoms with van der Waals surface area (Å²) in [6.07, 6.45) is 1.71. The van der Waals surface area contributed by atoms with Crippen molar-refractivity contribution in [2.75, 3.05) is 7.11 Å². The number of hydrogen-bond acceptors (Lipinski definition) is 3. The predicted octanol–water partition coefficient (Wildman–Crippen LogP) is 2.71. The van der Waals surface area contributed by atoms with Gasteiger partial charge in [0.05, 0.1) is 7.11 Å². The Kier molecular flexibility index (Phi) is 3.10. The molecule has 0 aliphatic carbocycles. The van der Waals surface area contributed by atoms with Gasteiger partial charge in [-0.15, -0.1) is 0 Å². The van der Waals surface area contributed by atoms with Crippen molar-refractivity contribution in [2.45, 2.75) is 51.2 Å². The number of carbonyl (C=O) groups excluding carboxylic acids is 1. The average molecular weight is 235 g/mol. The molecular weight excluding hydrogens is 216 g/mol. The van der Waals surface area contributed by atoms with Crippen LogP contribution in [0.25, 0.3) is 0 Å². The van der Waals surface area contributed by atoms with E-state index in [0.29, 0.717) is 0 Å². The molecule has 0 aromatic carbocycles. The lowest BCUT2D eigenvalue weighted by Crippen LogP contribution is -2.29. The van der Waals surface area contributed by atoms with Gasteiger partial charge in [0.2, 0.25) is 0 Å². The Hall–Kier alpha value is -0.280. The van der Waals surface area contributed by atoms with Crippen LogP contribution in [0.4, 0.5) is 0 Å². The van der Waals surface area contributed by atoms with Crippen LogP contribution < -0.4 is 0 Å². The van der Waals surface area contributed by atoms with Crippen molar-refractivity contribution in [3.63, 3.8) is 0 Å². The Labute approximate surface area is 96.1 Å². The molecule has 0 saturated carbocycles. The van der Waals surface area contributed by atoms with Gasteiger partial charge in [0.15, 0.2) is 0 Å². The van der Waals surface area contributed by atoms with Gasteiger partial charge in [0.25, 0.3) is 5.06 Å². The summed E-state index contributed by atoms with van der Waals surface area (Å²) in [6.45, 7) is 8.29. The normalized spacial score (nSPS) is 35.1. The van der Waals surface area contributed by atoms with Gasteiger partial charge in [-0.25, -0.2) is 4.79 Å². The molecule has 0 radical (unpaired) electrons. The van der Waals surface area contributed by atoms with Gasteiger partial charge in [-0.3, -0.25) is 0 Å². The molecule has 1 rings (SSSR count). The average Bonchev–Trinajstić information content (AvgIpc) is 2.66. The molecule has 88 valence electrons. The number of ether oxygens (including phenoxy) is 2. The minimum absolute atomic E-state index is 0.211. The molecule has 2 unspecified atom stereocenters. The zero-order valence-electron chi connectivity index (χ0n) is 10.0. The Bertz CT molecular complexity index is 271. The van der Waals surface area contributed by atoms with Crippen LogP contribution in [-0.4, -0.2) is 23.7 Å². The lowest BCUT2D eigenvalue weighted by atomic mass is 9.86. The van der Waals surface area contributed by atoms with Gasteiger partial charge in [-0.05, 0) is 25.2 Å². The van der Waals surface area contributed by atoms with Gasteiger partial charge in [0, 0.05) is 0 Å². The summed E-state index contributed by atoms with van der Waals surface area (Å²) in [6, 6.07) is 0. The van der Waals surface area contributed by atoms with E-state index in [1.165, 1.54) is 7.11 Å². The van der Waals surface area contributed by atoms with Gasteiger partial charge < -0.3 is 9.47 Å². The number of esters is 1. The molecule has 0 bridgehead atoms. The fraction of sp³-hybridized carbons (Fsp3) is 0.909. The van der Waals surface area contributed by atoms with Crippen LogP contribution in [0.15, 0.2) is 0 Å². The molecule has 1 saturated heterocycles. The largest absolute Gasteiger partial charge is 0.466 e. The molecule has 1 heterocycles. The number of epoxide rings is 1. The van der Waals surface area contributed by atoms with Crippen LogP contribution in [0.5, 0.6) is 0 Å². The molecule has 0 aromatic heterocycles. The SMILES string of the molecule is COC(=O)C1(Cl)OC1(C)CCC(C)(C)C. The van der Waals surface area contributed by atoms with Crippen LogP contribution in [0, 0.1) is 5.41 Å². The summed E-state index contributed by atoms with van der Waals surface area (Å²) < 4.78 is 9.94. The molecule has 15 heavy (non-hydrogen) atoms. The first kappa shape index (κ1) is 12.8. The van der Waals surface area contributed by atoms with Crippen LogP contribution in [-0.2, 0) is 14.3 Å². The molecule has 0 aromatic rings. The molecule has 2 atom stereocenters. The number of hydrogen-bond donors (Lipinski definition) is 0. The van der Waals surface area contributed by atoms with E-state index in [9.17, 15) is 4.79 Å². The third-order valence-corrected chi connectivity index (χ3v) is 3.44. The van der Waals surface area contributed by atoms with E-state index in [2.05, 4.69) is 25.5 Å². The molecule has 0 amide bonds. The van der Waals surface area contributed by atoms with Crippen molar-refractivity contribution in [2.24, 2.45) is 5.41 Å². The third-order valence-electron chi connectivity index (χ3n) is 2.80. The van der Waals surface area contributed by atoms with Crippen molar-refractivity contribution < 1.29 is 14.3 Å². The summed E-state index contributed by atoms with van der Waals surface area (Å²) in [5, 5.41) is -1.26. The molecule has 4 heteroatoms. The molecule has 3 nitrogen and oxygen atoms in total. The first-order valence-corrected chi connectivity index (χ1v) is 5.50. The molecule has 0 spiro atoms. The van der Waals surface area contributed by atoms with Crippen molar-refractivity contribution in [1.82, 2.24) is 0 Å². The number of alkyl halides is 1. The molecular formula is C11H19ClO3. The quantitative estimate of drug-likeness (QED) is 0.428. The predicted molar refractivity (Wildman–Crippen MR) is 58.8 cm³/mol. The fourth-order valence-corrected chi connectivity index (χ4v) is 1.84. The van der Waals surface area contributed by atoms with Crippen molar-refractivity contribution in [1.29, 1.82) is 0 Å². The maximum Gasteiger partial charge on any atom is 0.357 e. The zero-order valence-corrected chi connectivity index (χ0v) is 10.8. The van der Waals surface area contributed by atoms with Gasteiger partial charge in [-0.1, -0.05) is 32.4 Å². The monoisotopic (exact) mass is 234 g/mol. The second-order valence-corrected chi connectivity index (χ2v) is 6.01. The second kappa shape index (κ2) is 3.63. The van der Waals surface area contributed by atoms with E-state index < -0.39 is 16.6 Å². The van der Waals surface area contributed by atoms with Crippen molar-refractivity contribution in [3.8, 4) is 0 Å². The van der Waals surface area contributed by atoms with Crippen LogP contribution in [0.3, 0.4) is 0 Å². The number of halogens is 1.